The van der Waals surface area contributed by atoms with Crippen molar-refractivity contribution in [1.29, 1.82) is 0 Å². The molecule has 1 atom stereocenters. The van der Waals surface area contributed by atoms with E-state index in [1.165, 1.54) is 0 Å². The highest BCUT2D eigenvalue weighted by atomic mass is 16.1. The minimum atomic E-state index is -0.0614. The van der Waals surface area contributed by atoms with E-state index in [4.69, 9.17) is 7.85 Å². The highest BCUT2D eigenvalue weighted by molar-refractivity contribution is 6.19. The Bertz CT molecular complexity index is 123. The Morgan fingerprint density at radius 1 is 1.80 bits per heavy atom. The first kappa shape index (κ1) is 7.60. The summed E-state index contributed by atoms with van der Waals surface area (Å²) in [5, 5.41) is 5.95. The Balaban J connectivity index is 2.17. The van der Waals surface area contributed by atoms with E-state index in [0.29, 0.717) is 6.04 Å². The van der Waals surface area contributed by atoms with Gasteiger partial charge in [-0.1, -0.05) is 0 Å². The smallest absolute Gasteiger partial charge is 0.211 e. The Labute approximate surface area is 62.0 Å². The predicted molar refractivity (Wildman–Crippen MR) is 40.0 cm³/mol. The molecule has 0 bridgehead atoms. The summed E-state index contributed by atoms with van der Waals surface area (Å²) in [7, 11) is 5.12. The average molecular weight is 138 g/mol. The molecule has 0 saturated carbocycles. The van der Waals surface area contributed by atoms with Gasteiger partial charge in [0.15, 0.2) is 0 Å². The third kappa shape index (κ3) is 2.03. The SMILES string of the molecule is [B]CC(=O)NC1CCNC1. The summed E-state index contributed by atoms with van der Waals surface area (Å²) in [6.07, 6.45) is 1.11. The maximum atomic E-state index is 10.7. The number of carbonyl (C=O) groups excluding carboxylic acids is 1. The van der Waals surface area contributed by atoms with Crippen LogP contribution < -0.4 is 10.6 Å². The van der Waals surface area contributed by atoms with Crippen LogP contribution in [0.5, 0.6) is 0 Å². The first-order chi connectivity index (χ1) is 4.83. The number of amides is 1. The average Bonchev–Trinajstić information content (AvgIpc) is 2.40. The molecule has 1 aliphatic heterocycles. The van der Waals surface area contributed by atoms with E-state index in [-0.39, 0.29) is 12.2 Å². The van der Waals surface area contributed by atoms with Gasteiger partial charge >= 0.3 is 0 Å². The van der Waals surface area contributed by atoms with Crippen molar-refractivity contribution in [3.8, 4) is 0 Å². The lowest BCUT2D eigenvalue weighted by Crippen LogP contribution is -2.35. The fourth-order valence-corrected chi connectivity index (χ4v) is 1.06. The molecule has 1 unspecified atom stereocenters. The number of hydrogen-bond acceptors (Lipinski definition) is 2. The van der Waals surface area contributed by atoms with Crippen molar-refractivity contribution >= 4 is 13.8 Å². The standard InChI is InChI=1S/C6H11BN2O/c7-3-6(10)9-5-1-2-8-4-5/h5,8H,1-4H2,(H,9,10). The van der Waals surface area contributed by atoms with E-state index in [1.54, 1.807) is 0 Å². The maximum Gasteiger partial charge on any atom is 0.211 e. The summed E-state index contributed by atoms with van der Waals surface area (Å²) in [5.74, 6) is -0.0614. The Morgan fingerprint density at radius 2 is 2.60 bits per heavy atom. The van der Waals surface area contributed by atoms with E-state index < -0.39 is 0 Å². The number of hydrogen-bond donors (Lipinski definition) is 2. The second-order valence-electron chi connectivity index (χ2n) is 2.46. The fourth-order valence-electron chi connectivity index (χ4n) is 1.06. The molecule has 54 valence electrons. The molecule has 1 saturated heterocycles. The maximum absolute atomic E-state index is 10.7. The topological polar surface area (TPSA) is 41.1 Å². The third-order valence-electron chi connectivity index (χ3n) is 1.61. The van der Waals surface area contributed by atoms with Crippen molar-refractivity contribution in [3.05, 3.63) is 0 Å². The zero-order valence-corrected chi connectivity index (χ0v) is 5.89. The van der Waals surface area contributed by atoms with Gasteiger partial charge in [-0.05, 0) is 19.3 Å². The summed E-state index contributed by atoms with van der Waals surface area (Å²) in [4.78, 5) is 10.7. The number of carbonyl (C=O) groups is 1. The summed E-state index contributed by atoms with van der Waals surface area (Å²) < 4.78 is 0. The predicted octanol–water partition coefficient (Wildman–Crippen LogP) is -0.949. The molecule has 1 aliphatic rings. The quantitative estimate of drug-likeness (QED) is 0.483. The molecule has 1 fully saturated rings. The van der Waals surface area contributed by atoms with Crippen molar-refractivity contribution in [2.45, 2.75) is 18.8 Å². The van der Waals surface area contributed by atoms with Crippen molar-refractivity contribution < 1.29 is 4.79 Å². The van der Waals surface area contributed by atoms with E-state index in [0.717, 1.165) is 19.5 Å². The summed E-state index contributed by atoms with van der Waals surface area (Å²) in [6, 6.07) is 0.302. The van der Waals surface area contributed by atoms with Gasteiger partial charge in [-0.25, -0.2) is 0 Å². The molecular formula is C6H11BN2O. The van der Waals surface area contributed by atoms with Gasteiger partial charge in [-0.2, -0.15) is 0 Å². The van der Waals surface area contributed by atoms with Crippen molar-refractivity contribution in [1.82, 2.24) is 10.6 Å². The molecule has 0 aliphatic carbocycles. The van der Waals surface area contributed by atoms with Crippen LogP contribution >= 0.6 is 0 Å². The monoisotopic (exact) mass is 138 g/mol. The molecule has 1 amide bonds. The van der Waals surface area contributed by atoms with Crippen molar-refractivity contribution in [3.63, 3.8) is 0 Å². The van der Waals surface area contributed by atoms with Gasteiger partial charge in [-0.3, -0.25) is 4.79 Å². The molecule has 0 aromatic heterocycles. The summed E-state index contributed by atoms with van der Waals surface area (Å²) in [5.41, 5.74) is 0. The molecular weight excluding hydrogens is 127 g/mol. The van der Waals surface area contributed by atoms with Gasteiger partial charge in [0.05, 0.1) is 7.85 Å². The second-order valence-corrected chi connectivity index (χ2v) is 2.46. The molecule has 2 N–H and O–H groups in total. The van der Waals surface area contributed by atoms with Crippen LogP contribution in [0.4, 0.5) is 0 Å². The van der Waals surface area contributed by atoms with E-state index in [1.807, 2.05) is 0 Å². The van der Waals surface area contributed by atoms with Crippen LogP contribution in [0.3, 0.4) is 0 Å². The van der Waals surface area contributed by atoms with Gasteiger partial charge in [0, 0.05) is 12.6 Å². The minimum Gasteiger partial charge on any atom is -0.353 e. The molecule has 0 spiro atoms. The highest BCUT2D eigenvalue weighted by Gasteiger charge is 2.14. The Morgan fingerprint density at radius 3 is 3.10 bits per heavy atom. The lowest BCUT2D eigenvalue weighted by atomic mass is 10.0. The Hall–Kier alpha value is -0.505. The lowest BCUT2D eigenvalue weighted by Gasteiger charge is -2.09. The van der Waals surface area contributed by atoms with Crippen molar-refractivity contribution in [2.24, 2.45) is 0 Å². The van der Waals surface area contributed by atoms with Gasteiger partial charge in [0.1, 0.15) is 0 Å². The van der Waals surface area contributed by atoms with Crippen LogP contribution in [-0.2, 0) is 4.79 Å². The van der Waals surface area contributed by atoms with Crippen molar-refractivity contribution in [2.75, 3.05) is 13.1 Å². The van der Waals surface area contributed by atoms with Crippen LogP contribution in [0.25, 0.3) is 0 Å². The van der Waals surface area contributed by atoms with E-state index >= 15 is 0 Å². The van der Waals surface area contributed by atoms with E-state index in [9.17, 15) is 4.79 Å². The first-order valence-electron chi connectivity index (χ1n) is 3.53. The van der Waals surface area contributed by atoms with E-state index in [2.05, 4.69) is 10.6 Å². The second kappa shape index (κ2) is 3.61. The first-order valence-corrected chi connectivity index (χ1v) is 3.53. The summed E-state index contributed by atoms with van der Waals surface area (Å²) in [6.45, 7) is 1.88. The molecule has 10 heavy (non-hydrogen) atoms. The highest BCUT2D eigenvalue weighted by Crippen LogP contribution is 1.96. The lowest BCUT2D eigenvalue weighted by molar-refractivity contribution is -0.119. The normalized spacial score (nSPS) is 24.6. The third-order valence-corrected chi connectivity index (χ3v) is 1.61. The molecule has 2 radical (unpaired) electrons. The Kier molecular flexibility index (Phi) is 2.74. The molecule has 3 nitrogen and oxygen atoms in total. The molecule has 1 heterocycles. The number of rotatable bonds is 2. The van der Waals surface area contributed by atoms with Crippen LogP contribution in [0.1, 0.15) is 6.42 Å². The van der Waals surface area contributed by atoms with Gasteiger partial charge in [-0.15, -0.1) is 0 Å². The molecule has 1 rings (SSSR count). The van der Waals surface area contributed by atoms with Gasteiger partial charge in [0.2, 0.25) is 5.91 Å². The molecule has 0 aromatic carbocycles. The van der Waals surface area contributed by atoms with Crippen LogP contribution in [0.15, 0.2) is 0 Å². The zero-order valence-electron chi connectivity index (χ0n) is 5.89. The van der Waals surface area contributed by atoms with Gasteiger partial charge < -0.3 is 10.6 Å². The zero-order chi connectivity index (χ0) is 7.40. The van der Waals surface area contributed by atoms with Crippen LogP contribution in [-0.4, -0.2) is 32.9 Å². The number of nitrogens with one attached hydrogen (secondary N) is 2. The fraction of sp³-hybridized carbons (Fsp3) is 0.833. The van der Waals surface area contributed by atoms with Gasteiger partial charge in [0.25, 0.3) is 0 Å². The van der Waals surface area contributed by atoms with Crippen LogP contribution in [0.2, 0.25) is 6.32 Å². The molecule has 0 aromatic rings. The minimum absolute atomic E-state index is 0.0614. The van der Waals surface area contributed by atoms with Crippen LogP contribution in [0, 0.1) is 0 Å². The largest absolute Gasteiger partial charge is 0.353 e. The molecule has 4 heteroatoms. The summed E-state index contributed by atoms with van der Waals surface area (Å²) >= 11 is 0.